The van der Waals surface area contributed by atoms with Gasteiger partial charge in [0.25, 0.3) is 5.91 Å². The summed E-state index contributed by atoms with van der Waals surface area (Å²) >= 11 is 0. The molecule has 1 amide bonds. The van der Waals surface area contributed by atoms with Crippen molar-refractivity contribution < 1.29 is 9.53 Å². The van der Waals surface area contributed by atoms with Crippen molar-refractivity contribution in [2.45, 2.75) is 6.54 Å². The quantitative estimate of drug-likeness (QED) is 0.733. The smallest absolute Gasteiger partial charge is 0.276 e. The molecule has 0 aliphatic rings. The summed E-state index contributed by atoms with van der Waals surface area (Å²) in [6.07, 6.45) is 1.67. The van der Waals surface area contributed by atoms with Gasteiger partial charge in [0.05, 0.1) is 19.0 Å². The maximum atomic E-state index is 12.5. The Morgan fingerprint density at radius 2 is 1.77 bits per heavy atom. The number of anilines is 2. The normalized spacial score (nSPS) is 10.2. The maximum Gasteiger partial charge on any atom is 0.276 e. The number of carbonyl (C=O) groups excluding carboxylic acids is 1. The van der Waals surface area contributed by atoms with Crippen LogP contribution in [0.25, 0.3) is 0 Å². The van der Waals surface area contributed by atoms with Crippen molar-refractivity contribution in [3.63, 3.8) is 0 Å². The summed E-state index contributed by atoms with van der Waals surface area (Å²) in [7, 11) is 3.40. The molecule has 3 aromatic rings. The maximum absolute atomic E-state index is 12.5. The summed E-state index contributed by atoms with van der Waals surface area (Å²) in [5.41, 5.74) is 3.13. The zero-order chi connectivity index (χ0) is 18.4. The zero-order valence-electron chi connectivity index (χ0n) is 14.8. The van der Waals surface area contributed by atoms with Crippen molar-refractivity contribution in [2.75, 3.05) is 24.4 Å². The minimum absolute atomic E-state index is 0.146. The number of rotatable bonds is 6. The standard InChI is InChI=1S/C21H21N3O2/c1-24(18-9-4-3-5-10-18)21(25)19-13-12-17(15-23-19)22-14-16-8-6-7-11-20(16)26-2/h3-13,15,22H,14H2,1-2H3. The lowest BCUT2D eigenvalue weighted by molar-refractivity contribution is 0.0988. The van der Waals surface area contributed by atoms with Crippen molar-refractivity contribution in [1.29, 1.82) is 0 Å². The summed E-state index contributed by atoms with van der Waals surface area (Å²) in [4.78, 5) is 18.4. The van der Waals surface area contributed by atoms with E-state index in [0.29, 0.717) is 12.2 Å². The zero-order valence-corrected chi connectivity index (χ0v) is 14.8. The lowest BCUT2D eigenvalue weighted by Crippen LogP contribution is -2.26. The third kappa shape index (κ3) is 4.00. The summed E-state index contributed by atoms with van der Waals surface area (Å²) in [5.74, 6) is 0.691. The molecule has 26 heavy (non-hydrogen) atoms. The molecule has 0 radical (unpaired) electrons. The molecule has 0 unspecified atom stereocenters. The highest BCUT2D eigenvalue weighted by molar-refractivity contribution is 6.04. The first kappa shape index (κ1) is 17.5. The number of ether oxygens (including phenoxy) is 1. The van der Waals surface area contributed by atoms with E-state index in [1.807, 2.05) is 60.7 Å². The molecule has 0 fully saturated rings. The van der Waals surface area contributed by atoms with Crippen molar-refractivity contribution in [1.82, 2.24) is 4.98 Å². The van der Waals surface area contributed by atoms with Crippen molar-refractivity contribution >= 4 is 17.3 Å². The second-order valence-corrected chi connectivity index (χ2v) is 5.80. The minimum atomic E-state index is -0.146. The first-order valence-electron chi connectivity index (χ1n) is 8.34. The number of nitrogens with zero attached hydrogens (tertiary/aromatic N) is 2. The van der Waals surface area contributed by atoms with Crippen molar-refractivity contribution in [3.8, 4) is 5.75 Å². The third-order valence-corrected chi connectivity index (χ3v) is 4.11. The fraction of sp³-hybridized carbons (Fsp3) is 0.143. The highest BCUT2D eigenvalue weighted by Crippen LogP contribution is 2.19. The van der Waals surface area contributed by atoms with Crippen LogP contribution in [-0.2, 0) is 6.54 Å². The Bertz CT molecular complexity index is 864. The van der Waals surface area contributed by atoms with E-state index in [9.17, 15) is 4.79 Å². The Hall–Kier alpha value is -3.34. The molecule has 1 aromatic heterocycles. The van der Waals surface area contributed by atoms with Crippen LogP contribution >= 0.6 is 0 Å². The first-order chi connectivity index (χ1) is 12.7. The Labute approximate surface area is 153 Å². The van der Waals surface area contributed by atoms with Gasteiger partial charge in [-0.05, 0) is 30.3 Å². The predicted molar refractivity (Wildman–Crippen MR) is 104 cm³/mol. The average Bonchev–Trinajstić information content (AvgIpc) is 2.72. The van der Waals surface area contributed by atoms with E-state index in [1.165, 1.54) is 0 Å². The van der Waals surface area contributed by atoms with Crippen LogP contribution in [0.2, 0.25) is 0 Å². The van der Waals surface area contributed by atoms with Gasteiger partial charge in [-0.15, -0.1) is 0 Å². The van der Waals surface area contributed by atoms with Crippen LogP contribution in [0.3, 0.4) is 0 Å². The number of benzene rings is 2. The molecule has 2 aromatic carbocycles. The number of hydrogen-bond donors (Lipinski definition) is 1. The molecule has 132 valence electrons. The van der Waals surface area contributed by atoms with Gasteiger partial charge in [-0.1, -0.05) is 36.4 Å². The van der Waals surface area contributed by atoms with E-state index >= 15 is 0 Å². The molecule has 0 spiro atoms. The number of aromatic nitrogens is 1. The number of hydrogen-bond acceptors (Lipinski definition) is 4. The topological polar surface area (TPSA) is 54.5 Å². The molecule has 1 heterocycles. The Morgan fingerprint density at radius 1 is 1.04 bits per heavy atom. The van der Waals surface area contributed by atoms with E-state index in [2.05, 4.69) is 10.3 Å². The molecule has 0 aliphatic heterocycles. The van der Waals surface area contributed by atoms with Gasteiger partial charge in [-0.3, -0.25) is 4.79 Å². The van der Waals surface area contributed by atoms with E-state index in [1.54, 1.807) is 31.3 Å². The summed E-state index contributed by atoms with van der Waals surface area (Å²) in [6, 6.07) is 20.9. The number of carbonyl (C=O) groups is 1. The second-order valence-electron chi connectivity index (χ2n) is 5.80. The number of pyridine rings is 1. The Morgan fingerprint density at radius 3 is 2.46 bits per heavy atom. The minimum Gasteiger partial charge on any atom is -0.496 e. The van der Waals surface area contributed by atoms with Crippen LogP contribution in [0.4, 0.5) is 11.4 Å². The van der Waals surface area contributed by atoms with E-state index in [4.69, 9.17) is 4.74 Å². The summed E-state index contributed by atoms with van der Waals surface area (Å²) < 4.78 is 5.35. The van der Waals surface area contributed by atoms with Crippen LogP contribution in [0.5, 0.6) is 5.75 Å². The molecule has 1 N–H and O–H groups in total. The van der Waals surface area contributed by atoms with Gasteiger partial charge in [0.2, 0.25) is 0 Å². The van der Waals surface area contributed by atoms with E-state index in [0.717, 1.165) is 22.7 Å². The largest absolute Gasteiger partial charge is 0.496 e. The molecule has 5 heteroatoms. The molecule has 0 bridgehead atoms. The predicted octanol–water partition coefficient (Wildman–Crippen LogP) is 3.98. The number of methoxy groups -OCH3 is 1. The van der Waals surface area contributed by atoms with Gasteiger partial charge in [-0.25, -0.2) is 4.98 Å². The van der Waals surface area contributed by atoms with E-state index in [-0.39, 0.29) is 5.91 Å². The fourth-order valence-corrected chi connectivity index (χ4v) is 2.61. The van der Waals surface area contributed by atoms with Gasteiger partial charge < -0.3 is 15.0 Å². The molecule has 0 aliphatic carbocycles. The fourth-order valence-electron chi connectivity index (χ4n) is 2.61. The van der Waals surface area contributed by atoms with Crippen molar-refractivity contribution in [3.05, 3.63) is 84.2 Å². The second kappa shape index (κ2) is 8.16. The first-order valence-corrected chi connectivity index (χ1v) is 8.34. The highest BCUT2D eigenvalue weighted by Gasteiger charge is 2.14. The monoisotopic (exact) mass is 347 g/mol. The van der Waals surface area contributed by atoms with Gasteiger partial charge in [0.15, 0.2) is 0 Å². The third-order valence-electron chi connectivity index (χ3n) is 4.11. The number of amides is 1. The molecule has 3 rings (SSSR count). The van der Waals surface area contributed by atoms with Crippen LogP contribution in [0.15, 0.2) is 72.9 Å². The highest BCUT2D eigenvalue weighted by atomic mass is 16.5. The van der Waals surface area contributed by atoms with Gasteiger partial charge >= 0.3 is 0 Å². The molecular formula is C21H21N3O2. The lowest BCUT2D eigenvalue weighted by Gasteiger charge is -2.17. The van der Waals surface area contributed by atoms with Crippen LogP contribution in [-0.4, -0.2) is 25.0 Å². The molecule has 0 saturated carbocycles. The van der Waals surface area contributed by atoms with Crippen LogP contribution < -0.4 is 15.0 Å². The molecule has 0 atom stereocenters. The Kier molecular flexibility index (Phi) is 5.49. The number of para-hydroxylation sites is 2. The van der Waals surface area contributed by atoms with E-state index < -0.39 is 0 Å². The van der Waals surface area contributed by atoms with Crippen molar-refractivity contribution in [2.24, 2.45) is 0 Å². The van der Waals surface area contributed by atoms with Gasteiger partial charge in [0.1, 0.15) is 11.4 Å². The molecule has 0 saturated heterocycles. The number of nitrogens with one attached hydrogen (secondary N) is 1. The summed E-state index contributed by atoms with van der Waals surface area (Å²) in [5, 5.41) is 3.30. The van der Waals surface area contributed by atoms with Crippen LogP contribution in [0.1, 0.15) is 16.1 Å². The van der Waals surface area contributed by atoms with Gasteiger partial charge in [-0.2, -0.15) is 0 Å². The average molecular weight is 347 g/mol. The van der Waals surface area contributed by atoms with Crippen LogP contribution in [0, 0.1) is 0 Å². The summed E-state index contributed by atoms with van der Waals surface area (Å²) in [6.45, 7) is 0.614. The van der Waals surface area contributed by atoms with Gasteiger partial charge in [0, 0.05) is 24.8 Å². The molecule has 5 nitrogen and oxygen atoms in total. The SMILES string of the molecule is COc1ccccc1CNc1ccc(C(=O)N(C)c2ccccc2)nc1. The Balaban J connectivity index is 1.66. The molecular weight excluding hydrogens is 326 g/mol. The lowest BCUT2D eigenvalue weighted by atomic mass is 10.2.